The Labute approximate surface area is 187 Å². The predicted octanol–water partition coefficient (Wildman–Crippen LogP) is -3.39. The Morgan fingerprint density at radius 3 is 2.12 bits per heavy atom. The zero-order chi connectivity index (χ0) is 24.3. The number of aliphatic hydroxyl groups is 1. The molecule has 0 saturated heterocycles. The van der Waals surface area contributed by atoms with Crippen molar-refractivity contribution >= 4 is 42.3 Å². The van der Waals surface area contributed by atoms with Gasteiger partial charge in [-0.05, 0) is 6.42 Å². The summed E-state index contributed by atoms with van der Waals surface area (Å²) < 4.78 is 0. The third kappa shape index (κ3) is 8.91. The monoisotopic (exact) mass is 474 g/mol. The number of aliphatic hydroxyl groups excluding tert-OH is 1. The van der Waals surface area contributed by atoms with Gasteiger partial charge in [-0.3, -0.25) is 19.2 Å². The van der Waals surface area contributed by atoms with E-state index in [0.717, 1.165) is 0 Å². The lowest BCUT2D eigenvalue weighted by Crippen LogP contribution is -2.58. The van der Waals surface area contributed by atoms with Gasteiger partial charge in [-0.1, -0.05) is 0 Å². The number of hydrogen-bond acceptors (Lipinski definition) is 9. The second kappa shape index (κ2) is 13.3. The van der Waals surface area contributed by atoms with E-state index in [1.54, 1.807) is 0 Å². The maximum absolute atomic E-state index is 12.6. The van der Waals surface area contributed by atoms with E-state index in [4.69, 9.17) is 10.8 Å². The van der Waals surface area contributed by atoms with Gasteiger partial charge in [0, 0.05) is 30.5 Å². The van der Waals surface area contributed by atoms with Crippen molar-refractivity contribution in [1.29, 1.82) is 0 Å². The fourth-order valence-corrected chi connectivity index (χ4v) is 2.62. The summed E-state index contributed by atoms with van der Waals surface area (Å²) in [5.74, 6) is -5.36. The first kappa shape index (κ1) is 26.9. The molecule has 1 aromatic heterocycles. The summed E-state index contributed by atoms with van der Waals surface area (Å²) >= 11 is 3.86. The number of aliphatic carboxylic acids is 2. The number of carbonyl (C=O) groups is 5. The third-order valence-corrected chi connectivity index (χ3v) is 4.62. The molecule has 4 unspecified atom stereocenters. The van der Waals surface area contributed by atoms with Crippen molar-refractivity contribution in [1.82, 2.24) is 25.9 Å². The Bertz CT molecular complexity index is 805. The Hall–Kier alpha value is -3.17. The second-order valence-electron chi connectivity index (χ2n) is 6.71. The molecule has 0 fully saturated rings. The van der Waals surface area contributed by atoms with Crippen LogP contribution in [0.1, 0.15) is 18.5 Å². The first-order chi connectivity index (χ1) is 15.1. The minimum atomic E-state index is -1.48. The molecule has 15 heteroatoms. The molecule has 32 heavy (non-hydrogen) atoms. The zero-order valence-electron chi connectivity index (χ0n) is 16.9. The van der Waals surface area contributed by atoms with Crippen molar-refractivity contribution in [3.05, 3.63) is 18.2 Å². The number of aromatic nitrogens is 2. The largest absolute Gasteiger partial charge is 0.481 e. The Morgan fingerprint density at radius 2 is 1.62 bits per heavy atom. The van der Waals surface area contributed by atoms with Crippen LogP contribution in [0.5, 0.6) is 0 Å². The maximum atomic E-state index is 12.6. The second-order valence-corrected chi connectivity index (χ2v) is 7.07. The van der Waals surface area contributed by atoms with Gasteiger partial charge in [-0.2, -0.15) is 12.6 Å². The number of carboxylic acids is 2. The van der Waals surface area contributed by atoms with Crippen LogP contribution in [0, 0.1) is 0 Å². The fourth-order valence-electron chi connectivity index (χ4n) is 2.45. The summed E-state index contributed by atoms with van der Waals surface area (Å²) in [6.07, 6.45) is 1.67. The molecule has 1 heterocycles. The van der Waals surface area contributed by atoms with Crippen LogP contribution in [-0.4, -0.2) is 91.5 Å². The van der Waals surface area contributed by atoms with Crippen molar-refractivity contribution in [2.24, 2.45) is 5.73 Å². The molecule has 0 aliphatic carbocycles. The number of nitrogens with zero attached hydrogens (tertiary/aromatic N) is 1. The molecule has 0 aliphatic rings. The van der Waals surface area contributed by atoms with E-state index in [2.05, 4.69) is 38.5 Å². The van der Waals surface area contributed by atoms with Crippen molar-refractivity contribution in [2.75, 3.05) is 12.4 Å². The molecule has 3 amide bonds. The quantitative estimate of drug-likeness (QED) is 0.121. The van der Waals surface area contributed by atoms with Gasteiger partial charge >= 0.3 is 11.9 Å². The van der Waals surface area contributed by atoms with Crippen LogP contribution < -0.4 is 21.7 Å². The molecular weight excluding hydrogens is 448 g/mol. The van der Waals surface area contributed by atoms with Gasteiger partial charge in [-0.15, -0.1) is 0 Å². The van der Waals surface area contributed by atoms with Crippen LogP contribution in [0.15, 0.2) is 12.5 Å². The van der Waals surface area contributed by atoms with Crippen LogP contribution >= 0.6 is 12.6 Å². The Balaban J connectivity index is 2.90. The number of H-pyrrole nitrogens is 1. The molecule has 9 N–H and O–H groups in total. The standard InChI is InChI=1S/C17H26N6O8S/c18-9(6-32)14(27)23-12(5-24)16(29)21-10(1-2-13(25)26)15(28)22-11(17(30)31)3-8-4-19-7-20-8/h4,7,9-12,24,32H,1-3,5-6,18H2,(H,19,20)(H,21,29)(H,22,28)(H,23,27)(H,25,26)(H,30,31). The minimum absolute atomic E-state index is 0.0256. The van der Waals surface area contributed by atoms with Gasteiger partial charge in [0.1, 0.15) is 18.1 Å². The first-order valence-corrected chi connectivity index (χ1v) is 10.0. The first-order valence-electron chi connectivity index (χ1n) is 9.39. The lowest BCUT2D eigenvalue weighted by molar-refractivity contribution is -0.143. The average Bonchev–Trinajstić information content (AvgIpc) is 3.26. The molecule has 14 nitrogen and oxygen atoms in total. The molecule has 1 rings (SSSR count). The molecule has 0 bridgehead atoms. The smallest absolute Gasteiger partial charge is 0.326 e. The van der Waals surface area contributed by atoms with Crippen LogP contribution in [-0.2, 0) is 30.4 Å². The third-order valence-electron chi connectivity index (χ3n) is 4.22. The van der Waals surface area contributed by atoms with E-state index in [-0.39, 0.29) is 18.6 Å². The van der Waals surface area contributed by atoms with Gasteiger partial charge in [0.15, 0.2) is 0 Å². The number of rotatable bonds is 14. The average molecular weight is 474 g/mol. The van der Waals surface area contributed by atoms with E-state index in [0.29, 0.717) is 5.69 Å². The van der Waals surface area contributed by atoms with E-state index < -0.39 is 66.9 Å². The number of carbonyl (C=O) groups excluding carboxylic acids is 3. The number of imidazole rings is 1. The van der Waals surface area contributed by atoms with E-state index in [1.807, 2.05) is 0 Å². The van der Waals surface area contributed by atoms with Gasteiger partial charge in [0.2, 0.25) is 17.7 Å². The van der Waals surface area contributed by atoms with Crippen molar-refractivity contribution in [3.63, 3.8) is 0 Å². The molecule has 4 atom stereocenters. The van der Waals surface area contributed by atoms with Crippen molar-refractivity contribution < 1.29 is 39.3 Å². The summed E-state index contributed by atoms with van der Waals surface area (Å²) in [6.45, 7) is -0.832. The molecule has 0 spiro atoms. The number of amides is 3. The molecular formula is C17H26N6O8S. The van der Waals surface area contributed by atoms with Crippen molar-refractivity contribution in [2.45, 2.75) is 43.4 Å². The SMILES string of the molecule is NC(CS)C(=O)NC(CO)C(=O)NC(CCC(=O)O)C(=O)NC(Cc1cnc[nH]1)C(=O)O. The summed E-state index contributed by atoms with van der Waals surface area (Å²) in [4.78, 5) is 65.8. The van der Waals surface area contributed by atoms with Gasteiger partial charge in [0.25, 0.3) is 0 Å². The highest BCUT2D eigenvalue weighted by Gasteiger charge is 2.30. The van der Waals surface area contributed by atoms with Crippen molar-refractivity contribution in [3.8, 4) is 0 Å². The maximum Gasteiger partial charge on any atom is 0.326 e. The molecule has 0 radical (unpaired) electrons. The van der Waals surface area contributed by atoms with Gasteiger partial charge in [-0.25, -0.2) is 9.78 Å². The summed E-state index contributed by atoms with van der Waals surface area (Å²) in [5, 5.41) is 34.4. The lowest BCUT2D eigenvalue weighted by atomic mass is 10.1. The number of nitrogens with one attached hydrogen (secondary N) is 4. The van der Waals surface area contributed by atoms with E-state index in [1.165, 1.54) is 12.5 Å². The molecule has 1 aromatic rings. The molecule has 0 aromatic carbocycles. The summed E-state index contributed by atoms with van der Waals surface area (Å²) in [7, 11) is 0. The van der Waals surface area contributed by atoms with Crippen LogP contribution in [0.3, 0.4) is 0 Å². The highest BCUT2D eigenvalue weighted by Crippen LogP contribution is 2.04. The highest BCUT2D eigenvalue weighted by molar-refractivity contribution is 7.80. The summed E-state index contributed by atoms with van der Waals surface area (Å²) in [6, 6.07) is -5.38. The Morgan fingerprint density at radius 1 is 1.03 bits per heavy atom. The zero-order valence-corrected chi connectivity index (χ0v) is 17.7. The van der Waals surface area contributed by atoms with Crippen LogP contribution in [0.25, 0.3) is 0 Å². The number of thiol groups is 1. The van der Waals surface area contributed by atoms with Gasteiger partial charge < -0.3 is 42.0 Å². The summed E-state index contributed by atoms with van der Waals surface area (Å²) in [5.41, 5.74) is 5.92. The van der Waals surface area contributed by atoms with Gasteiger partial charge in [0.05, 0.1) is 19.0 Å². The fraction of sp³-hybridized carbons (Fsp3) is 0.529. The van der Waals surface area contributed by atoms with E-state index >= 15 is 0 Å². The Kier molecular flexibility index (Phi) is 11.2. The number of hydrogen-bond donors (Lipinski definition) is 9. The molecule has 0 aliphatic heterocycles. The predicted molar refractivity (Wildman–Crippen MR) is 112 cm³/mol. The van der Waals surface area contributed by atoms with E-state index in [9.17, 15) is 34.2 Å². The lowest BCUT2D eigenvalue weighted by Gasteiger charge is -2.24. The number of aromatic amines is 1. The van der Waals surface area contributed by atoms with Crippen LogP contribution in [0.4, 0.5) is 0 Å². The number of nitrogens with two attached hydrogens (primary N) is 1. The molecule has 178 valence electrons. The topological polar surface area (TPSA) is 237 Å². The normalized spacial score (nSPS) is 14.5. The van der Waals surface area contributed by atoms with Crippen LogP contribution in [0.2, 0.25) is 0 Å². The highest BCUT2D eigenvalue weighted by atomic mass is 32.1. The number of carboxylic acid groups (broad SMARTS) is 2. The molecule has 0 saturated carbocycles. The minimum Gasteiger partial charge on any atom is -0.481 e.